The van der Waals surface area contributed by atoms with Gasteiger partial charge in [0.1, 0.15) is 19.0 Å². The van der Waals surface area contributed by atoms with Crippen LogP contribution in [0.3, 0.4) is 0 Å². The van der Waals surface area contributed by atoms with Gasteiger partial charge in [-0.1, -0.05) is 23.7 Å². The molecule has 0 fully saturated rings. The Hall–Kier alpha value is -2.79. The van der Waals surface area contributed by atoms with Crippen LogP contribution in [-0.4, -0.2) is 22.4 Å². The third-order valence-electron chi connectivity index (χ3n) is 4.35. The summed E-state index contributed by atoms with van der Waals surface area (Å²) >= 11 is 6.02. The maximum Gasteiger partial charge on any atom is 0.313 e. The SMILES string of the molecule is O=C(OCc1ccc(-n2cccn2)cc1)C1COc2ccc(Cl)cc2C1. The van der Waals surface area contributed by atoms with E-state index in [-0.39, 0.29) is 18.5 Å². The van der Waals surface area contributed by atoms with Crippen LogP contribution in [0.2, 0.25) is 5.02 Å². The number of benzene rings is 2. The summed E-state index contributed by atoms with van der Waals surface area (Å²) in [5, 5.41) is 4.82. The average molecular weight is 369 g/mol. The van der Waals surface area contributed by atoms with Gasteiger partial charge < -0.3 is 9.47 Å². The number of carbonyl (C=O) groups excluding carboxylic acids is 1. The fraction of sp³-hybridized carbons (Fsp3) is 0.200. The molecule has 5 nitrogen and oxygen atoms in total. The zero-order chi connectivity index (χ0) is 17.9. The van der Waals surface area contributed by atoms with Crippen molar-refractivity contribution in [3.63, 3.8) is 0 Å². The first-order chi connectivity index (χ1) is 12.7. The van der Waals surface area contributed by atoms with E-state index in [0.29, 0.717) is 18.1 Å². The van der Waals surface area contributed by atoms with E-state index in [1.807, 2.05) is 48.7 Å². The number of carbonyl (C=O) groups is 1. The summed E-state index contributed by atoms with van der Waals surface area (Å²) in [6, 6.07) is 15.1. The van der Waals surface area contributed by atoms with Crippen molar-refractivity contribution in [2.75, 3.05) is 6.61 Å². The average Bonchev–Trinajstić information content (AvgIpc) is 3.20. The van der Waals surface area contributed by atoms with Crippen molar-refractivity contribution in [3.8, 4) is 11.4 Å². The second-order valence-electron chi connectivity index (χ2n) is 6.19. The van der Waals surface area contributed by atoms with Gasteiger partial charge in [-0.3, -0.25) is 4.79 Å². The van der Waals surface area contributed by atoms with E-state index in [1.54, 1.807) is 16.9 Å². The number of rotatable bonds is 4. The Balaban J connectivity index is 1.35. The Kier molecular flexibility index (Phi) is 4.63. The highest BCUT2D eigenvalue weighted by atomic mass is 35.5. The molecule has 132 valence electrons. The van der Waals surface area contributed by atoms with E-state index in [1.165, 1.54) is 0 Å². The lowest BCUT2D eigenvalue weighted by molar-refractivity contribution is -0.151. The van der Waals surface area contributed by atoms with Crippen molar-refractivity contribution >= 4 is 17.6 Å². The van der Waals surface area contributed by atoms with Crippen molar-refractivity contribution in [2.45, 2.75) is 13.0 Å². The molecule has 6 heteroatoms. The molecule has 0 saturated heterocycles. The molecule has 0 radical (unpaired) electrons. The van der Waals surface area contributed by atoms with Gasteiger partial charge in [-0.25, -0.2) is 4.68 Å². The van der Waals surface area contributed by atoms with Crippen molar-refractivity contribution in [1.29, 1.82) is 0 Å². The maximum atomic E-state index is 12.4. The van der Waals surface area contributed by atoms with E-state index in [4.69, 9.17) is 21.1 Å². The topological polar surface area (TPSA) is 53.4 Å². The van der Waals surface area contributed by atoms with Gasteiger partial charge in [-0.15, -0.1) is 0 Å². The molecule has 2 aromatic carbocycles. The third-order valence-corrected chi connectivity index (χ3v) is 4.58. The van der Waals surface area contributed by atoms with Gasteiger partial charge in [0.25, 0.3) is 0 Å². The number of fused-ring (bicyclic) bond motifs is 1. The second-order valence-corrected chi connectivity index (χ2v) is 6.63. The lowest BCUT2D eigenvalue weighted by Gasteiger charge is -2.24. The summed E-state index contributed by atoms with van der Waals surface area (Å²) in [7, 11) is 0. The van der Waals surface area contributed by atoms with Gasteiger partial charge in [-0.05, 0) is 53.9 Å². The Morgan fingerprint density at radius 3 is 2.88 bits per heavy atom. The molecule has 0 N–H and O–H groups in total. The standard InChI is InChI=1S/C20H17ClN2O3/c21-17-4-7-19-15(11-17)10-16(13-25-19)20(24)26-12-14-2-5-18(6-3-14)23-9-1-8-22-23/h1-9,11,16H,10,12-13H2. The summed E-state index contributed by atoms with van der Waals surface area (Å²) in [5.74, 6) is 0.212. The normalized spacial score (nSPS) is 15.8. The smallest absolute Gasteiger partial charge is 0.313 e. The molecule has 1 atom stereocenters. The van der Waals surface area contributed by atoms with Crippen LogP contribution in [0.15, 0.2) is 60.9 Å². The lowest BCUT2D eigenvalue weighted by Crippen LogP contribution is -2.29. The zero-order valence-corrected chi connectivity index (χ0v) is 14.7. The molecule has 2 heterocycles. The van der Waals surface area contributed by atoms with Gasteiger partial charge in [-0.2, -0.15) is 5.10 Å². The van der Waals surface area contributed by atoms with Gasteiger partial charge in [0.05, 0.1) is 11.6 Å². The minimum Gasteiger partial charge on any atom is -0.492 e. The molecule has 0 amide bonds. The first-order valence-electron chi connectivity index (χ1n) is 8.36. The minimum absolute atomic E-state index is 0.233. The maximum absolute atomic E-state index is 12.4. The Morgan fingerprint density at radius 1 is 1.27 bits per heavy atom. The molecule has 0 spiro atoms. The number of esters is 1. The predicted molar refractivity (Wildman–Crippen MR) is 97.5 cm³/mol. The van der Waals surface area contributed by atoms with Crippen molar-refractivity contribution in [3.05, 3.63) is 77.1 Å². The molecule has 3 aromatic rings. The molecule has 1 aliphatic heterocycles. The van der Waals surface area contributed by atoms with E-state index in [0.717, 1.165) is 22.6 Å². The molecule has 26 heavy (non-hydrogen) atoms. The largest absolute Gasteiger partial charge is 0.492 e. The van der Waals surface area contributed by atoms with Crippen LogP contribution in [0, 0.1) is 5.92 Å². The van der Waals surface area contributed by atoms with Gasteiger partial charge in [0.15, 0.2) is 0 Å². The quantitative estimate of drug-likeness (QED) is 0.657. The molecule has 0 bridgehead atoms. The summed E-state index contributed by atoms with van der Waals surface area (Å²) < 4.78 is 12.9. The van der Waals surface area contributed by atoms with Crippen molar-refractivity contribution in [2.24, 2.45) is 5.92 Å². The molecule has 1 aromatic heterocycles. The number of halogens is 1. The second kappa shape index (κ2) is 7.22. The van der Waals surface area contributed by atoms with Gasteiger partial charge in [0.2, 0.25) is 0 Å². The fourth-order valence-corrected chi connectivity index (χ4v) is 3.15. The monoisotopic (exact) mass is 368 g/mol. The van der Waals surface area contributed by atoms with Crippen LogP contribution in [0.1, 0.15) is 11.1 Å². The number of hydrogen-bond acceptors (Lipinski definition) is 4. The van der Waals surface area contributed by atoms with Crippen LogP contribution >= 0.6 is 11.6 Å². The van der Waals surface area contributed by atoms with Crippen molar-refractivity contribution in [1.82, 2.24) is 9.78 Å². The Labute approximate surface area is 156 Å². The lowest BCUT2D eigenvalue weighted by atomic mass is 9.97. The first-order valence-corrected chi connectivity index (χ1v) is 8.74. The minimum atomic E-state index is -0.315. The van der Waals surface area contributed by atoms with Crippen LogP contribution in [0.5, 0.6) is 5.75 Å². The van der Waals surface area contributed by atoms with Crippen LogP contribution < -0.4 is 4.74 Å². The fourth-order valence-electron chi connectivity index (χ4n) is 2.95. The van der Waals surface area contributed by atoms with Crippen LogP contribution in [-0.2, 0) is 22.6 Å². The molecule has 1 aliphatic rings. The molecule has 4 rings (SSSR count). The van der Waals surface area contributed by atoms with E-state index < -0.39 is 0 Å². The van der Waals surface area contributed by atoms with Crippen LogP contribution in [0.4, 0.5) is 0 Å². The van der Waals surface area contributed by atoms with Gasteiger partial charge >= 0.3 is 5.97 Å². The summed E-state index contributed by atoms with van der Waals surface area (Å²) in [4.78, 5) is 12.4. The predicted octanol–water partition coefficient (Wildman–Crippen LogP) is 3.82. The molecular weight excluding hydrogens is 352 g/mol. The highest BCUT2D eigenvalue weighted by Gasteiger charge is 2.27. The number of hydrogen-bond donors (Lipinski definition) is 0. The number of aromatic nitrogens is 2. The van der Waals surface area contributed by atoms with E-state index in [9.17, 15) is 4.79 Å². The molecule has 0 saturated carbocycles. The van der Waals surface area contributed by atoms with E-state index in [2.05, 4.69) is 5.10 Å². The molecule has 1 unspecified atom stereocenters. The molecular formula is C20H17ClN2O3. The van der Waals surface area contributed by atoms with Gasteiger partial charge in [0, 0.05) is 17.4 Å². The highest BCUT2D eigenvalue weighted by molar-refractivity contribution is 6.30. The highest BCUT2D eigenvalue weighted by Crippen LogP contribution is 2.30. The number of nitrogens with zero attached hydrogens (tertiary/aromatic N) is 2. The third kappa shape index (κ3) is 3.58. The summed E-state index contributed by atoms with van der Waals surface area (Å²) in [5.41, 5.74) is 2.82. The summed E-state index contributed by atoms with van der Waals surface area (Å²) in [6.07, 6.45) is 4.18. The van der Waals surface area contributed by atoms with Crippen molar-refractivity contribution < 1.29 is 14.3 Å². The number of ether oxygens (including phenoxy) is 2. The molecule has 0 aliphatic carbocycles. The Morgan fingerprint density at radius 2 is 2.12 bits per heavy atom. The summed E-state index contributed by atoms with van der Waals surface area (Å²) in [6.45, 7) is 0.558. The van der Waals surface area contributed by atoms with E-state index >= 15 is 0 Å². The first kappa shape index (κ1) is 16.7. The van der Waals surface area contributed by atoms with Crippen LogP contribution in [0.25, 0.3) is 5.69 Å². The zero-order valence-electron chi connectivity index (χ0n) is 14.0. The Bertz CT molecular complexity index is 907.